The number of benzene rings is 1. The Morgan fingerprint density at radius 2 is 2.00 bits per heavy atom. The standard InChI is InChI=1S/C13H15ClN2O2S/c1-8-7-19-13(16-8)6-15-10-5-11(17-2)9(14)4-12(10)18-3/h4-5,7,15H,6H2,1-3H3. The lowest BCUT2D eigenvalue weighted by atomic mass is 10.2. The third-order valence-corrected chi connectivity index (χ3v) is 3.83. The minimum Gasteiger partial charge on any atom is -0.495 e. The van der Waals surface area contributed by atoms with Gasteiger partial charge in [-0.3, -0.25) is 0 Å². The molecule has 0 saturated heterocycles. The SMILES string of the molecule is COc1cc(NCc2nc(C)cs2)c(OC)cc1Cl. The van der Waals surface area contributed by atoms with E-state index in [4.69, 9.17) is 21.1 Å². The monoisotopic (exact) mass is 298 g/mol. The van der Waals surface area contributed by atoms with Crippen LogP contribution in [0.3, 0.4) is 0 Å². The highest BCUT2D eigenvalue weighted by Crippen LogP contribution is 2.36. The summed E-state index contributed by atoms with van der Waals surface area (Å²) >= 11 is 7.68. The summed E-state index contributed by atoms with van der Waals surface area (Å²) in [5.74, 6) is 1.29. The second-order valence-corrected chi connectivity index (χ2v) is 5.27. The fraction of sp³-hybridized carbons (Fsp3) is 0.308. The van der Waals surface area contributed by atoms with Crippen molar-refractivity contribution in [2.75, 3.05) is 19.5 Å². The van der Waals surface area contributed by atoms with Crippen LogP contribution in [0.4, 0.5) is 5.69 Å². The Morgan fingerprint density at radius 1 is 1.26 bits per heavy atom. The van der Waals surface area contributed by atoms with Crippen LogP contribution < -0.4 is 14.8 Å². The molecule has 0 radical (unpaired) electrons. The molecule has 0 aliphatic rings. The molecule has 0 aliphatic carbocycles. The maximum Gasteiger partial charge on any atom is 0.143 e. The van der Waals surface area contributed by atoms with Gasteiger partial charge in [0.25, 0.3) is 0 Å². The first-order valence-corrected chi connectivity index (χ1v) is 6.96. The number of nitrogens with zero attached hydrogens (tertiary/aromatic N) is 1. The number of aryl methyl sites for hydroxylation is 1. The molecule has 1 N–H and O–H groups in total. The van der Waals surface area contributed by atoms with Gasteiger partial charge in [0.05, 0.1) is 31.5 Å². The molecular formula is C13H15ClN2O2S. The van der Waals surface area contributed by atoms with Gasteiger partial charge in [0.1, 0.15) is 16.5 Å². The molecule has 0 spiro atoms. The van der Waals surface area contributed by atoms with Crippen LogP contribution in [0.5, 0.6) is 11.5 Å². The van der Waals surface area contributed by atoms with Crippen molar-refractivity contribution in [2.24, 2.45) is 0 Å². The maximum atomic E-state index is 6.06. The van der Waals surface area contributed by atoms with Crippen LogP contribution in [-0.4, -0.2) is 19.2 Å². The van der Waals surface area contributed by atoms with Crippen LogP contribution in [0.25, 0.3) is 0 Å². The zero-order valence-electron chi connectivity index (χ0n) is 11.0. The number of anilines is 1. The van der Waals surface area contributed by atoms with Gasteiger partial charge in [0.2, 0.25) is 0 Å². The lowest BCUT2D eigenvalue weighted by Gasteiger charge is -2.13. The Labute approximate surface area is 121 Å². The Bertz CT molecular complexity index is 572. The van der Waals surface area contributed by atoms with Gasteiger partial charge in [-0.15, -0.1) is 11.3 Å². The van der Waals surface area contributed by atoms with Crippen LogP contribution >= 0.6 is 22.9 Å². The average molecular weight is 299 g/mol. The maximum absolute atomic E-state index is 6.06. The first-order chi connectivity index (χ1) is 9.13. The molecule has 0 aliphatic heterocycles. The summed E-state index contributed by atoms with van der Waals surface area (Å²) in [7, 11) is 3.19. The molecule has 0 amide bonds. The normalized spacial score (nSPS) is 10.3. The quantitative estimate of drug-likeness (QED) is 0.913. The first kappa shape index (κ1) is 14.0. The van der Waals surface area contributed by atoms with Crippen molar-refractivity contribution in [3.8, 4) is 11.5 Å². The third kappa shape index (κ3) is 3.30. The van der Waals surface area contributed by atoms with E-state index in [1.807, 2.05) is 18.4 Å². The summed E-state index contributed by atoms with van der Waals surface area (Å²) in [5.41, 5.74) is 1.86. The highest BCUT2D eigenvalue weighted by Gasteiger charge is 2.10. The van der Waals surface area contributed by atoms with Gasteiger partial charge in [-0.25, -0.2) is 4.98 Å². The van der Waals surface area contributed by atoms with Crippen molar-refractivity contribution >= 4 is 28.6 Å². The van der Waals surface area contributed by atoms with Crippen molar-refractivity contribution in [1.29, 1.82) is 0 Å². The molecule has 1 aromatic carbocycles. The lowest BCUT2D eigenvalue weighted by Crippen LogP contribution is -2.02. The summed E-state index contributed by atoms with van der Waals surface area (Å²) in [5, 5.41) is 6.85. The highest BCUT2D eigenvalue weighted by molar-refractivity contribution is 7.09. The smallest absolute Gasteiger partial charge is 0.143 e. The predicted molar refractivity (Wildman–Crippen MR) is 78.7 cm³/mol. The third-order valence-electron chi connectivity index (χ3n) is 2.57. The van der Waals surface area contributed by atoms with Gasteiger partial charge < -0.3 is 14.8 Å². The average Bonchev–Trinajstić information content (AvgIpc) is 2.82. The zero-order valence-corrected chi connectivity index (χ0v) is 12.6. The van der Waals surface area contributed by atoms with Crippen molar-refractivity contribution in [3.63, 3.8) is 0 Å². The summed E-state index contributed by atoms with van der Waals surface area (Å²) in [4.78, 5) is 4.40. The van der Waals surface area contributed by atoms with Gasteiger partial charge in [-0.1, -0.05) is 11.6 Å². The number of ether oxygens (including phenoxy) is 2. The number of thiazole rings is 1. The number of halogens is 1. The molecule has 19 heavy (non-hydrogen) atoms. The van der Waals surface area contributed by atoms with E-state index in [-0.39, 0.29) is 0 Å². The molecule has 4 nitrogen and oxygen atoms in total. The Balaban J connectivity index is 2.18. The van der Waals surface area contributed by atoms with Crippen LogP contribution in [0.15, 0.2) is 17.5 Å². The minimum absolute atomic E-state index is 0.523. The lowest BCUT2D eigenvalue weighted by molar-refractivity contribution is 0.404. The molecule has 1 heterocycles. The van der Waals surface area contributed by atoms with Crippen molar-refractivity contribution in [2.45, 2.75) is 13.5 Å². The highest BCUT2D eigenvalue weighted by atomic mass is 35.5. The van der Waals surface area contributed by atoms with Crippen LogP contribution in [0.1, 0.15) is 10.7 Å². The van der Waals surface area contributed by atoms with Crippen LogP contribution in [0, 0.1) is 6.92 Å². The molecule has 6 heteroatoms. The van der Waals surface area contributed by atoms with Crippen molar-refractivity contribution < 1.29 is 9.47 Å². The van der Waals surface area contributed by atoms with Crippen molar-refractivity contribution in [1.82, 2.24) is 4.98 Å². The minimum atomic E-state index is 0.523. The number of nitrogens with one attached hydrogen (secondary N) is 1. The van der Waals surface area contributed by atoms with E-state index in [0.717, 1.165) is 16.4 Å². The molecule has 0 fully saturated rings. The van der Waals surface area contributed by atoms with Gasteiger partial charge in [-0.05, 0) is 6.92 Å². The van der Waals surface area contributed by atoms with Crippen molar-refractivity contribution in [3.05, 3.63) is 33.2 Å². The van der Waals surface area contributed by atoms with E-state index in [0.29, 0.717) is 23.1 Å². The fourth-order valence-electron chi connectivity index (χ4n) is 1.65. The predicted octanol–water partition coefficient (Wildman–Crippen LogP) is 3.73. The van der Waals surface area contributed by atoms with Gasteiger partial charge in [0, 0.05) is 23.2 Å². The molecule has 0 saturated carbocycles. The largest absolute Gasteiger partial charge is 0.495 e. The molecule has 102 valence electrons. The molecule has 2 rings (SSSR count). The second kappa shape index (κ2) is 6.12. The molecule has 0 bridgehead atoms. The van der Waals surface area contributed by atoms with Gasteiger partial charge in [-0.2, -0.15) is 0 Å². The number of rotatable bonds is 5. The topological polar surface area (TPSA) is 43.4 Å². The summed E-state index contributed by atoms with van der Waals surface area (Å²) in [6, 6.07) is 3.55. The molecule has 0 atom stereocenters. The summed E-state index contributed by atoms with van der Waals surface area (Å²) in [6.07, 6.45) is 0. The number of hydrogen-bond acceptors (Lipinski definition) is 5. The van der Waals surface area contributed by atoms with Gasteiger partial charge >= 0.3 is 0 Å². The Hall–Kier alpha value is -1.46. The number of aromatic nitrogens is 1. The molecular weight excluding hydrogens is 284 g/mol. The van der Waals surface area contributed by atoms with E-state index in [1.165, 1.54) is 0 Å². The molecule has 0 unspecified atom stereocenters. The summed E-state index contributed by atoms with van der Waals surface area (Å²) < 4.78 is 10.5. The number of hydrogen-bond donors (Lipinski definition) is 1. The number of methoxy groups -OCH3 is 2. The fourth-order valence-corrected chi connectivity index (χ4v) is 2.60. The van der Waals surface area contributed by atoms with Gasteiger partial charge in [0.15, 0.2) is 0 Å². The zero-order chi connectivity index (χ0) is 13.8. The Morgan fingerprint density at radius 3 is 2.58 bits per heavy atom. The molecule has 1 aromatic heterocycles. The molecule has 2 aromatic rings. The van der Waals surface area contributed by atoms with Crippen LogP contribution in [-0.2, 0) is 6.54 Å². The Kier molecular flexibility index (Phi) is 4.50. The van der Waals surface area contributed by atoms with E-state index in [1.54, 1.807) is 31.6 Å². The summed E-state index contributed by atoms with van der Waals surface area (Å²) in [6.45, 7) is 2.62. The van der Waals surface area contributed by atoms with Crippen LogP contribution in [0.2, 0.25) is 5.02 Å². The van der Waals surface area contributed by atoms with E-state index >= 15 is 0 Å². The second-order valence-electron chi connectivity index (χ2n) is 3.92. The van der Waals surface area contributed by atoms with E-state index in [9.17, 15) is 0 Å². The first-order valence-electron chi connectivity index (χ1n) is 5.70. The van der Waals surface area contributed by atoms with E-state index < -0.39 is 0 Å². The van der Waals surface area contributed by atoms with E-state index in [2.05, 4.69) is 10.3 Å².